The highest BCUT2D eigenvalue weighted by Gasteiger charge is 2.32. The molecular weight excluding hydrogens is 352 g/mol. The van der Waals surface area contributed by atoms with E-state index in [2.05, 4.69) is 41.5 Å². The van der Waals surface area contributed by atoms with Crippen LogP contribution >= 0.6 is 11.8 Å². The van der Waals surface area contributed by atoms with Crippen LogP contribution in [0.4, 0.5) is 0 Å². The van der Waals surface area contributed by atoms with Gasteiger partial charge in [0.15, 0.2) is 0 Å². The number of carbonyl (C=O) groups is 1. The average molecular weight is 383 g/mol. The third-order valence-electron chi connectivity index (χ3n) is 4.39. The van der Waals surface area contributed by atoms with Gasteiger partial charge >= 0.3 is 5.97 Å². The first-order valence-corrected chi connectivity index (χ1v) is 9.73. The number of phenols is 1. The Morgan fingerprint density at radius 2 is 1.69 bits per heavy atom. The quantitative estimate of drug-likeness (QED) is 0.803. The minimum absolute atomic E-state index is 0.0273. The lowest BCUT2D eigenvalue weighted by Crippen LogP contribution is -2.27. The minimum atomic E-state index is -0.977. The van der Waals surface area contributed by atoms with E-state index in [0.29, 0.717) is 19.0 Å². The molecule has 5 nitrogen and oxygen atoms in total. The molecule has 2 atom stereocenters. The molecule has 0 unspecified atom stereocenters. The van der Waals surface area contributed by atoms with Crippen LogP contribution in [0.2, 0.25) is 0 Å². The first-order chi connectivity index (χ1) is 11.9. The zero-order valence-electron chi connectivity index (χ0n) is 16.5. The Hall–Kier alpha value is -1.24. The normalized spacial score (nSPS) is 21.2. The van der Waals surface area contributed by atoms with E-state index >= 15 is 0 Å². The Bertz CT molecular complexity index is 622. The van der Waals surface area contributed by atoms with Gasteiger partial charge in [-0.3, -0.25) is 0 Å². The van der Waals surface area contributed by atoms with Crippen LogP contribution in [0, 0.1) is 0 Å². The monoisotopic (exact) mass is 382 g/mol. The van der Waals surface area contributed by atoms with Gasteiger partial charge in [0, 0.05) is 16.0 Å². The molecule has 26 heavy (non-hydrogen) atoms. The molecule has 0 saturated carbocycles. The smallest absolute Gasteiger partial charge is 0.329 e. The first-order valence-electron chi connectivity index (χ1n) is 8.85. The molecule has 0 aromatic heterocycles. The second-order valence-electron chi connectivity index (χ2n) is 8.80. The van der Waals surface area contributed by atoms with Gasteiger partial charge in [-0.25, -0.2) is 4.79 Å². The van der Waals surface area contributed by atoms with E-state index in [1.807, 2.05) is 12.1 Å². The molecule has 6 heteroatoms. The number of phenolic OH excluding ortho intramolecular Hbond substituents is 1. The van der Waals surface area contributed by atoms with Crippen molar-refractivity contribution in [3.8, 4) is 5.75 Å². The van der Waals surface area contributed by atoms with Crippen molar-refractivity contribution < 1.29 is 24.5 Å². The van der Waals surface area contributed by atoms with Crippen LogP contribution in [0.1, 0.15) is 52.7 Å². The molecular formula is C20H30O5S. The number of rotatable bonds is 5. The Labute approximate surface area is 160 Å². The molecule has 2 N–H and O–H groups in total. The molecule has 0 bridgehead atoms. The molecule has 146 valence electrons. The lowest BCUT2D eigenvalue weighted by molar-refractivity contribution is -0.144. The van der Waals surface area contributed by atoms with Crippen LogP contribution in [0.3, 0.4) is 0 Å². The van der Waals surface area contributed by atoms with Gasteiger partial charge in [0.05, 0.1) is 24.6 Å². The summed E-state index contributed by atoms with van der Waals surface area (Å²) in [6.07, 6.45) is -0.249. The largest absolute Gasteiger partial charge is 0.507 e. The maximum absolute atomic E-state index is 10.8. The van der Waals surface area contributed by atoms with Crippen LogP contribution in [0.25, 0.3) is 0 Å². The summed E-state index contributed by atoms with van der Waals surface area (Å²) in [6, 6.07) is 4.06. The number of aliphatic carboxylic acids is 1. The van der Waals surface area contributed by atoms with Gasteiger partial charge in [-0.15, -0.1) is 11.8 Å². The highest BCUT2D eigenvalue weighted by atomic mass is 32.2. The molecule has 1 fully saturated rings. The molecule has 0 amide bonds. The fourth-order valence-electron chi connectivity index (χ4n) is 2.95. The Morgan fingerprint density at radius 1 is 1.15 bits per heavy atom. The van der Waals surface area contributed by atoms with E-state index in [4.69, 9.17) is 14.6 Å². The molecule has 0 aliphatic carbocycles. The first kappa shape index (κ1) is 21.1. The molecule has 1 saturated heterocycles. The number of aromatic hydroxyl groups is 1. The second kappa shape index (κ2) is 7.79. The van der Waals surface area contributed by atoms with Gasteiger partial charge in [0.1, 0.15) is 12.4 Å². The molecule has 1 aliphatic heterocycles. The summed E-state index contributed by atoms with van der Waals surface area (Å²) in [5.41, 5.74) is 1.45. The van der Waals surface area contributed by atoms with E-state index in [9.17, 15) is 9.90 Å². The van der Waals surface area contributed by atoms with Gasteiger partial charge < -0.3 is 19.7 Å². The van der Waals surface area contributed by atoms with Crippen molar-refractivity contribution in [2.45, 2.75) is 68.6 Å². The van der Waals surface area contributed by atoms with Crippen molar-refractivity contribution in [2.75, 3.05) is 19.8 Å². The van der Waals surface area contributed by atoms with Gasteiger partial charge in [-0.1, -0.05) is 41.5 Å². The maximum Gasteiger partial charge on any atom is 0.329 e. The van der Waals surface area contributed by atoms with Gasteiger partial charge in [-0.2, -0.15) is 0 Å². The van der Waals surface area contributed by atoms with Crippen molar-refractivity contribution in [3.63, 3.8) is 0 Å². The fraction of sp³-hybridized carbons (Fsp3) is 0.650. The molecule has 0 spiro atoms. The van der Waals surface area contributed by atoms with Crippen LogP contribution < -0.4 is 0 Å². The number of carboxylic acids is 1. The van der Waals surface area contributed by atoms with Crippen LogP contribution in [-0.2, 0) is 25.1 Å². The number of thioether (sulfide) groups is 1. The SMILES string of the molecule is CC(C)(C)c1cc(S[C@H]2COC[C@@H]2OCC(=O)O)cc(C(C)(C)C)c1O. The van der Waals surface area contributed by atoms with Crippen molar-refractivity contribution in [2.24, 2.45) is 0 Å². The molecule has 2 rings (SSSR count). The van der Waals surface area contributed by atoms with E-state index < -0.39 is 5.97 Å². The van der Waals surface area contributed by atoms with Crippen LogP contribution in [-0.4, -0.2) is 47.4 Å². The Balaban J connectivity index is 2.32. The molecule has 1 heterocycles. The summed E-state index contributed by atoms with van der Waals surface area (Å²) in [7, 11) is 0. The molecule has 1 aliphatic rings. The van der Waals surface area contributed by atoms with Crippen LogP contribution in [0.5, 0.6) is 5.75 Å². The van der Waals surface area contributed by atoms with Crippen LogP contribution in [0.15, 0.2) is 17.0 Å². The Kier molecular flexibility index (Phi) is 6.31. The third-order valence-corrected chi connectivity index (χ3v) is 5.64. The zero-order valence-corrected chi connectivity index (χ0v) is 17.3. The number of ether oxygens (including phenoxy) is 2. The fourth-order valence-corrected chi connectivity index (χ4v) is 4.15. The van der Waals surface area contributed by atoms with Crippen molar-refractivity contribution in [1.29, 1.82) is 0 Å². The van der Waals surface area contributed by atoms with Gasteiger partial charge in [0.2, 0.25) is 0 Å². The number of carboxylic acid groups (broad SMARTS) is 1. The Morgan fingerprint density at radius 3 is 2.15 bits per heavy atom. The van der Waals surface area contributed by atoms with Crippen molar-refractivity contribution in [3.05, 3.63) is 23.3 Å². The summed E-state index contributed by atoms with van der Waals surface area (Å²) >= 11 is 1.63. The third kappa shape index (κ3) is 5.15. The predicted molar refractivity (Wildman–Crippen MR) is 103 cm³/mol. The van der Waals surface area contributed by atoms with Gasteiger partial charge in [-0.05, 0) is 23.0 Å². The maximum atomic E-state index is 10.8. The average Bonchev–Trinajstić information content (AvgIpc) is 2.91. The summed E-state index contributed by atoms with van der Waals surface area (Å²) in [4.78, 5) is 11.8. The van der Waals surface area contributed by atoms with Gasteiger partial charge in [0.25, 0.3) is 0 Å². The number of hydrogen-bond donors (Lipinski definition) is 2. The highest BCUT2D eigenvalue weighted by Crippen LogP contribution is 2.43. The minimum Gasteiger partial charge on any atom is -0.507 e. The molecule has 1 aromatic carbocycles. The summed E-state index contributed by atoms with van der Waals surface area (Å²) in [5, 5.41) is 19.7. The van der Waals surface area contributed by atoms with E-state index in [0.717, 1.165) is 16.0 Å². The topological polar surface area (TPSA) is 76.0 Å². The van der Waals surface area contributed by atoms with Crippen molar-refractivity contribution >= 4 is 17.7 Å². The second-order valence-corrected chi connectivity index (χ2v) is 10.1. The van der Waals surface area contributed by atoms with Crippen molar-refractivity contribution in [1.82, 2.24) is 0 Å². The molecule has 1 aromatic rings. The lowest BCUT2D eigenvalue weighted by atomic mass is 9.79. The summed E-state index contributed by atoms with van der Waals surface area (Å²) < 4.78 is 11.0. The number of benzene rings is 1. The summed E-state index contributed by atoms with van der Waals surface area (Å²) in [6.45, 7) is 13.1. The summed E-state index contributed by atoms with van der Waals surface area (Å²) in [5.74, 6) is -0.619. The lowest BCUT2D eigenvalue weighted by Gasteiger charge is -2.28. The standard InChI is InChI=1S/C20H30O5S/c1-19(2,3)13-7-12(8-14(18(13)23)20(4,5)6)26-16-10-24-9-15(16)25-11-17(21)22/h7-8,15-16,23H,9-11H2,1-6H3,(H,21,22)/t15-,16-/m0/s1. The predicted octanol–water partition coefficient (Wildman–Crippen LogP) is 3.95. The van der Waals surface area contributed by atoms with E-state index in [1.54, 1.807) is 11.8 Å². The highest BCUT2D eigenvalue weighted by molar-refractivity contribution is 8.00. The number of hydrogen-bond acceptors (Lipinski definition) is 5. The zero-order chi connectivity index (χ0) is 19.7. The molecule has 0 radical (unpaired) electrons. The van der Waals surface area contributed by atoms with E-state index in [-0.39, 0.29) is 28.8 Å². The van der Waals surface area contributed by atoms with E-state index in [1.165, 1.54) is 0 Å².